The highest BCUT2D eigenvalue weighted by Crippen LogP contribution is 2.30. The van der Waals surface area contributed by atoms with E-state index in [2.05, 4.69) is 19.2 Å². The fraction of sp³-hybridized carbons (Fsp3) is 0.520. The summed E-state index contributed by atoms with van der Waals surface area (Å²) >= 11 is 0. The summed E-state index contributed by atoms with van der Waals surface area (Å²) in [5, 5.41) is 3.21. The van der Waals surface area contributed by atoms with E-state index in [4.69, 9.17) is 4.74 Å². The van der Waals surface area contributed by atoms with Gasteiger partial charge in [-0.2, -0.15) is 0 Å². The van der Waals surface area contributed by atoms with Crippen molar-refractivity contribution < 1.29 is 18.7 Å². The summed E-state index contributed by atoms with van der Waals surface area (Å²) in [7, 11) is 0. The van der Waals surface area contributed by atoms with Gasteiger partial charge < -0.3 is 14.6 Å². The first-order valence-corrected chi connectivity index (χ1v) is 11.2. The number of aromatic nitrogens is 1. The lowest BCUT2D eigenvalue weighted by molar-refractivity contribution is -0.122. The molecule has 3 atom stereocenters. The summed E-state index contributed by atoms with van der Waals surface area (Å²) in [4.78, 5) is 25.1. The van der Waals surface area contributed by atoms with Gasteiger partial charge in [-0.15, -0.1) is 0 Å². The number of esters is 1. The molecular weight excluding hydrogens is 395 g/mol. The van der Waals surface area contributed by atoms with Crippen molar-refractivity contribution in [3.8, 4) is 11.3 Å². The normalized spacial score (nSPS) is 21.0. The van der Waals surface area contributed by atoms with Crippen molar-refractivity contribution in [1.29, 1.82) is 0 Å². The minimum absolute atomic E-state index is 0.0155. The van der Waals surface area contributed by atoms with Crippen molar-refractivity contribution in [1.82, 2.24) is 9.88 Å². The standard InChI is InChI=1S/C25H33FN2O3/c1-5-31-25(30)21-15-23(19-9-11-20(26)12-10-19)28(18(21)4)14-13-24(29)27-22-8-6-7-16(2)17(22)3/h9-12,15-17,22H,5-8,13-14H2,1-4H3,(H,27,29)/t16-,17+,22+/m0/s1. The summed E-state index contributed by atoms with van der Waals surface area (Å²) in [5.74, 6) is 0.386. The van der Waals surface area contributed by atoms with Gasteiger partial charge in [0.1, 0.15) is 5.82 Å². The highest BCUT2D eigenvalue weighted by Gasteiger charge is 2.28. The van der Waals surface area contributed by atoms with Gasteiger partial charge >= 0.3 is 5.97 Å². The van der Waals surface area contributed by atoms with Gasteiger partial charge in [-0.25, -0.2) is 9.18 Å². The van der Waals surface area contributed by atoms with Gasteiger partial charge in [-0.3, -0.25) is 4.79 Å². The number of rotatable bonds is 7. The van der Waals surface area contributed by atoms with Crippen LogP contribution in [-0.4, -0.2) is 29.1 Å². The molecule has 0 spiro atoms. The van der Waals surface area contributed by atoms with E-state index in [1.807, 2.05) is 11.5 Å². The number of ether oxygens (including phenoxy) is 1. The molecule has 0 aliphatic heterocycles. The number of carbonyl (C=O) groups excluding carboxylic acids is 2. The quantitative estimate of drug-likeness (QED) is 0.624. The van der Waals surface area contributed by atoms with Crippen molar-refractivity contribution in [3.63, 3.8) is 0 Å². The third-order valence-corrected chi connectivity index (χ3v) is 6.62. The Morgan fingerprint density at radius 2 is 1.90 bits per heavy atom. The molecule has 1 aliphatic rings. The van der Waals surface area contributed by atoms with Crippen molar-refractivity contribution in [3.05, 3.63) is 47.4 Å². The maximum Gasteiger partial charge on any atom is 0.339 e. The molecule has 1 aromatic carbocycles. The van der Waals surface area contributed by atoms with E-state index in [1.165, 1.54) is 18.6 Å². The Morgan fingerprint density at radius 3 is 2.58 bits per heavy atom. The Hall–Kier alpha value is -2.63. The fourth-order valence-electron chi connectivity index (χ4n) is 4.49. The average Bonchev–Trinajstić information content (AvgIpc) is 3.07. The lowest BCUT2D eigenvalue weighted by Gasteiger charge is -2.34. The minimum atomic E-state index is -0.392. The van der Waals surface area contributed by atoms with Gasteiger partial charge in [0.05, 0.1) is 12.2 Å². The molecule has 0 bridgehead atoms. The molecule has 5 nitrogen and oxygen atoms in total. The average molecular weight is 429 g/mol. The molecule has 1 aliphatic carbocycles. The van der Waals surface area contributed by atoms with Crippen LogP contribution in [0.3, 0.4) is 0 Å². The molecule has 1 aromatic heterocycles. The Labute approximate surface area is 184 Å². The van der Waals surface area contributed by atoms with E-state index >= 15 is 0 Å². The molecule has 6 heteroatoms. The van der Waals surface area contributed by atoms with Crippen LogP contribution in [0.25, 0.3) is 11.3 Å². The van der Waals surface area contributed by atoms with Gasteiger partial charge in [0.2, 0.25) is 5.91 Å². The monoisotopic (exact) mass is 428 g/mol. The van der Waals surface area contributed by atoms with Crippen LogP contribution in [-0.2, 0) is 16.1 Å². The molecule has 1 N–H and O–H groups in total. The smallest absolute Gasteiger partial charge is 0.339 e. The summed E-state index contributed by atoms with van der Waals surface area (Å²) < 4.78 is 20.6. The number of nitrogens with zero attached hydrogens (tertiary/aromatic N) is 1. The molecule has 31 heavy (non-hydrogen) atoms. The van der Waals surface area contributed by atoms with Gasteiger partial charge in [-0.05, 0) is 68.0 Å². The Kier molecular flexibility index (Phi) is 7.52. The molecule has 1 saturated carbocycles. The zero-order valence-corrected chi connectivity index (χ0v) is 18.9. The summed E-state index contributed by atoms with van der Waals surface area (Å²) in [6, 6.07) is 8.13. The third kappa shape index (κ3) is 5.35. The van der Waals surface area contributed by atoms with E-state index in [9.17, 15) is 14.0 Å². The SMILES string of the molecule is CCOC(=O)c1cc(-c2ccc(F)cc2)n(CCC(=O)N[C@@H]2CCC[C@H](C)[C@H]2C)c1C. The van der Waals surface area contributed by atoms with Crippen molar-refractivity contribution in [2.24, 2.45) is 11.8 Å². The van der Waals surface area contributed by atoms with Gasteiger partial charge in [0, 0.05) is 30.4 Å². The highest BCUT2D eigenvalue weighted by molar-refractivity contribution is 5.92. The first-order chi connectivity index (χ1) is 14.8. The topological polar surface area (TPSA) is 60.3 Å². The molecule has 1 fully saturated rings. The largest absolute Gasteiger partial charge is 0.462 e. The third-order valence-electron chi connectivity index (χ3n) is 6.62. The fourth-order valence-corrected chi connectivity index (χ4v) is 4.49. The number of hydrogen-bond donors (Lipinski definition) is 1. The van der Waals surface area contributed by atoms with E-state index in [0.29, 0.717) is 30.4 Å². The summed E-state index contributed by atoms with van der Waals surface area (Å²) in [6.45, 7) is 8.79. The van der Waals surface area contributed by atoms with Crippen LogP contribution in [0.5, 0.6) is 0 Å². The lowest BCUT2D eigenvalue weighted by atomic mass is 9.78. The lowest BCUT2D eigenvalue weighted by Crippen LogP contribution is -2.43. The van der Waals surface area contributed by atoms with Crippen LogP contribution in [0.1, 0.15) is 62.5 Å². The number of carbonyl (C=O) groups is 2. The van der Waals surface area contributed by atoms with Gasteiger partial charge in [0.25, 0.3) is 0 Å². The van der Waals surface area contributed by atoms with E-state index in [0.717, 1.165) is 29.8 Å². The molecule has 0 unspecified atom stereocenters. The van der Waals surface area contributed by atoms with E-state index in [-0.39, 0.29) is 24.4 Å². The van der Waals surface area contributed by atoms with E-state index < -0.39 is 5.97 Å². The number of benzene rings is 1. The summed E-state index contributed by atoms with van der Waals surface area (Å²) in [5.41, 5.74) is 2.77. The molecule has 2 aromatic rings. The first-order valence-electron chi connectivity index (χ1n) is 11.2. The van der Waals surface area contributed by atoms with Crippen molar-refractivity contribution in [2.75, 3.05) is 6.61 Å². The van der Waals surface area contributed by atoms with Crippen LogP contribution in [0.2, 0.25) is 0 Å². The van der Waals surface area contributed by atoms with E-state index in [1.54, 1.807) is 25.1 Å². The van der Waals surface area contributed by atoms with Gasteiger partial charge in [-0.1, -0.05) is 26.7 Å². The Morgan fingerprint density at radius 1 is 1.19 bits per heavy atom. The number of halogens is 1. The second-order valence-corrected chi connectivity index (χ2v) is 8.60. The predicted octanol–water partition coefficient (Wildman–Crippen LogP) is 5.11. The maximum absolute atomic E-state index is 13.4. The van der Waals surface area contributed by atoms with Crippen molar-refractivity contribution in [2.45, 2.75) is 66.0 Å². The minimum Gasteiger partial charge on any atom is -0.462 e. The highest BCUT2D eigenvalue weighted by atomic mass is 19.1. The molecule has 1 heterocycles. The predicted molar refractivity (Wildman–Crippen MR) is 119 cm³/mol. The zero-order valence-electron chi connectivity index (χ0n) is 18.9. The second kappa shape index (κ2) is 10.1. The molecule has 3 rings (SSSR count). The maximum atomic E-state index is 13.4. The molecule has 0 saturated heterocycles. The second-order valence-electron chi connectivity index (χ2n) is 8.60. The van der Waals surface area contributed by atoms with Crippen LogP contribution in [0, 0.1) is 24.6 Å². The number of nitrogens with one attached hydrogen (secondary N) is 1. The summed E-state index contributed by atoms with van der Waals surface area (Å²) in [6.07, 6.45) is 3.69. The van der Waals surface area contributed by atoms with Crippen LogP contribution in [0.4, 0.5) is 4.39 Å². The number of hydrogen-bond acceptors (Lipinski definition) is 3. The van der Waals surface area contributed by atoms with Crippen molar-refractivity contribution >= 4 is 11.9 Å². The molecule has 0 radical (unpaired) electrons. The van der Waals surface area contributed by atoms with Crippen LogP contribution >= 0.6 is 0 Å². The van der Waals surface area contributed by atoms with Gasteiger partial charge in [0.15, 0.2) is 0 Å². The Bertz CT molecular complexity index is 920. The molecule has 1 amide bonds. The number of amides is 1. The molecule has 168 valence electrons. The Balaban J connectivity index is 1.79. The van der Waals surface area contributed by atoms with Crippen LogP contribution in [0.15, 0.2) is 30.3 Å². The van der Waals surface area contributed by atoms with Crippen LogP contribution < -0.4 is 5.32 Å². The first kappa shape index (κ1) is 23.0. The molecular formula is C25H33FN2O3. The zero-order chi connectivity index (χ0) is 22.5.